The Bertz CT molecular complexity index is 408. The van der Waals surface area contributed by atoms with Crippen molar-refractivity contribution in [1.82, 2.24) is 5.32 Å². The van der Waals surface area contributed by atoms with Crippen molar-refractivity contribution in [2.45, 2.75) is 12.5 Å². The van der Waals surface area contributed by atoms with Gasteiger partial charge in [0, 0.05) is 35.8 Å². The van der Waals surface area contributed by atoms with E-state index in [-0.39, 0.29) is 12.0 Å². The molecular weight excluding hydrogens is 296 g/mol. The minimum Gasteiger partial charge on any atom is -0.469 e. The molecule has 1 heterocycles. The summed E-state index contributed by atoms with van der Waals surface area (Å²) in [6, 6.07) is 8.41. The van der Waals surface area contributed by atoms with Crippen molar-refractivity contribution in [2.24, 2.45) is 0 Å². The van der Waals surface area contributed by atoms with Gasteiger partial charge in [-0.05, 0) is 24.3 Å². The van der Waals surface area contributed by atoms with E-state index in [1.165, 1.54) is 12.8 Å². The minimum absolute atomic E-state index is 0.162. The fraction of sp³-hybridized carbons (Fsp3) is 0.462. The molecule has 1 unspecified atom stereocenters. The number of hydrogen-bond acceptors (Lipinski definition) is 4. The van der Waals surface area contributed by atoms with Crippen LogP contribution in [0.5, 0.6) is 0 Å². The van der Waals surface area contributed by atoms with Gasteiger partial charge >= 0.3 is 5.97 Å². The molecule has 1 aromatic rings. The molecule has 1 aliphatic heterocycles. The van der Waals surface area contributed by atoms with E-state index in [4.69, 9.17) is 4.74 Å². The van der Waals surface area contributed by atoms with Gasteiger partial charge in [0.1, 0.15) is 0 Å². The van der Waals surface area contributed by atoms with Crippen LogP contribution in [0.25, 0.3) is 0 Å². The van der Waals surface area contributed by atoms with Crippen LogP contribution in [0.4, 0.5) is 5.69 Å². The van der Waals surface area contributed by atoms with E-state index in [0.29, 0.717) is 6.42 Å². The van der Waals surface area contributed by atoms with Crippen LogP contribution in [0.15, 0.2) is 28.7 Å². The SMILES string of the molecule is COC(=O)CC1CN(c2ccc(Br)cc2)CCN1. The zero-order valence-corrected chi connectivity index (χ0v) is 11.9. The summed E-state index contributed by atoms with van der Waals surface area (Å²) in [7, 11) is 1.43. The van der Waals surface area contributed by atoms with Crippen LogP contribution >= 0.6 is 15.9 Å². The number of anilines is 1. The van der Waals surface area contributed by atoms with Crippen LogP contribution < -0.4 is 10.2 Å². The van der Waals surface area contributed by atoms with E-state index in [2.05, 4.69) is 38.3 Å². The molecule has 1 fully saturated rings. The number of piperazine rings is 1. The molecule has 0 aliphatic carbocycles. The van der Waals surface area contributed by atoms with Crippen LogP contribution in [-0.2, 0) is 9.53 Å². The van der Waals surface area contributed by atoms with Gasteiger partial charge in [-0.25, -0.2) is 0 Å². The Morgan fingerprint density at radius 1 is 1.50 bits per heavy atom. The maximum Gasteiger partial charge on any atom is 0.307 e. The molecule has 4 nitrogen and oxygen atoms in total. The van der Waals surface area contributed by atoms with Gasteiger partial charge < -0.3 is 15.0 Å². The van der Waals surface area contributed by atoms with Crippen molar-refractivity contribution >= 4 is 27.6 Å². The Hall–Kier alpha value is -1.07. The number of hydrogen-bond donors (Lipinski definition) is 1. The van der Waals surface area contributed by atoms with Gasteiger partial charge in [0.2, 0.25) is 0 Å². The number of nitrogens with one attached hydrogen (secondary N) is 1. The Labute approximate surface area is 115 Å². The van der Waals surface area contributed by atoms with Crippen LogP contribution in [0, 0.1) is 0 Å². The molecule has 1 atom stereocenters. The Morgan fingerprint density at radius 3 is 2.89 bits per heavy atom. The van der Waals surface area contributed by atoms with Crippen molar-refractivity contribution in [3.05, 3.63) is 28.7 Å². The van der Waals surface area contributed by atoms with Crippen molar-refractivity contribution in [3.63, 3.8) is 0 Å². The summed E-state index contributed by atoms with van der Waals surface area (Å²) in [6.07, 6.45) is 0.420. The van der Waals surface area contributed by atoms with Crippen molar-refractivity contribution in [2.75, 3.05) is 31.6 Å². The second kappa shape index (κ2) is 6.20. The summed E-state index contributed by atoms with van der Waals surface area (Å²) < 4.78 is 5.78. The molecule has 98 valence electrons. The summed E-state index contributed by atoms with van der Waals surface area (Å²) >= 11 is 3.43. The largest absolute Gasteiger partial charge is 0.469 e. The molecule has 1 N–H and O–H groups in total. The van der Waals surface area contributed by atoms with Gasteiger partial charge in [-0.1, -0.05) is 15.9 Å². The lowest BCUT2D eigenvalue weighted by Crippen LogP contribution is -2.51. The molecule has 1 aromatic carbocycles. The zero-order valence-electron chi connectivity index (χ0n) is 10.4. The molecule has 2 rings (SSSR count). The summed E-state index contributed by atoms with van der Waals surface area (Å²) in [4.78, 5) is 13.6. The molecule has 0 bridgehead atoms. The third-order valence-corrected chi connectivity index (χ3v) is 3.62. The number of esters is 1. The average molecular weight is 313 g/mol. The lowest BCUT2D eigenvalue weighted by Gasteiger charge is -2.34. The molecule has 18 heavy (non-hydrogen) atoms. The third kappa shape index (κ3) is 3.46. The lowest BCUT2D eigenvalue weighted by molar-refractivity contribution is -0.141. The molecule has 5 heteroatoms. The fourth-order valence-corrected chi connectivity index (χ4v) is 2.40. The predicted molar refractivity (Wildman–Crippen MR) is 74.8 cm³/mol. The summed E-state index contributed by atoms with van der Waals surface area (Å²) in [6.45, 7) is 2.67. The number of carbonyl (C=O) groups excluding carboxylic acids is 1. The van der Waals surface area contributed by atoms with E-state index in [1.54, 1.807) is 0 Å². The maximum absolute atomic E-state index is 11.3. The number of rotatable bonds is 3. The van der Waals surface area contributed by atoms with E-state index in [9.17, 15) is 4.79 Å². The molecule has 0 aromatic heterocycles. The van der Waals surface area contributed by atoms with Crippen molar-refractivity contribution < 1.29 is 9.53 Å². The summed E-state index contributed by atoms with van der Waals surface area (Å²) in [5.41, 5.74) is 1.19. The Kier molecular flexibility index (Phi) is 4.60. The van der Waals surface area contributed by atoms with E-state index in [0.717, 1.165) is 24.1 Å². The number of benzene rings is 1. The Morgan fingerprint density at radius 2 is 2.22 bits per heavy atom. The number of halogens is 1. The smallest absolute Gasteiger partial charge is 0.307 e. The van der Waals surface area contributed by atoms with Gasteiger partial charge in [0.05, 0.1) is 13.5 Å². The number of ether oxygens (including phenoxy) is 1. The highest BCUT2D eigenvalue weighted by Crippen LogP contribution is 2.20. The highest BCUT2D eigenvalue weighted by atomic mass is 79.9. The summed E-state index contributed by atoms with van der Waals surface area (Å²) in [5, 5.41) is 3.34. The highest BCUT2D eigenvalue weighted by Gasteiger charge is 2.22. The molecular formula is C13H17BrN2O2. The first kappa shape index (κ1) is 13.4. The second-order valence-corrected chi connectivity index (χ2v) is 5.27. The topological polar surface area (TPSA) is 41.6 Å². The highest BCUT2D eigenvalue weighted by molar-refractivity contribution is 9.10. The van der Waals surface area contributed by atoms with Gasteiger partial charge in [0.15, 0.2) is 0 Å². The Balaban J connectivity index is 1.98. The van der Waals surface area contributed by atoms with Gasteiger partial charge in [-0.15, -0.1) is 0 Å². The molecule has 0 saturated carbocycles. The van der Waals surface area contributed by atoms with Crippen LogP contribution in [0.2, 0.25) is 0 Å². The van der Waals surface area contributed by atoms with E-state index < -0.39 is 0 Å². The van der Waals surface area contributed by atoms with Gasteiger partial charge in [-0.2, -0.15) is 0 Å². The first-order chi connectivity index (χ1) is 8.69. The van der Waals surface area contributed by atoms with Crippen molar-refractivity contribution in [3.8, 4) is 0 Å². The molecule has 0 spiro atoms. The molecule has 1 aliphatic rings. The van der Waals surface area contributed by atoms with Crippen LogP contribution in [0.3, 0.4) is 0 Å². The number of nitrogens with zero attached hydrogens (tertiary/aromatic N) is 1. The predicted octanol–water partition coefficient (Wildman–Crippen LogP) is 1.79. The zero-order chi connectivity index (χ0) is 13.0. The number of methoxy groups -OCH3 is 1. The molecule has 1 saturated heterocycles. The molecule has 0 radical (unpaired) electrons. The normalized spacial score (nSPS) is 19.7. The maximum atomic E-state index is 11.3. The quantitative estimate of drug-likeness (QED) is 0.864. The van der Waals surface area contributed by atoms with Gasteiger partial charge in [-0.3, -0.25) is 4.79 Å². The fourth-order valence-electron chi connectivity index (χ4n) is 2.13. The summed E-state index contributed by atoms with van der Waals surface area (Å²) in [5.74, 6) is -0.162. The second-order valence-electron chi connectivity index (χ2n) is 4.35. The molecule has 0 amide bonds. The first-order valence-electron chi connectivity index (χ1n) is 6.00. The third-order valence-electron chi connectivity index (χ3n) is 3.09. The number of carbonyl (C=O) groups is 1. The lowest BCUT2D eigenvalue weighted by atomic mass is 10.1. The van der Waals surface area contributed by atoms with Gasteiger partial charge in [0.25, 0.3) is 0 Å². The first-order valence-corrected chi connectivity index (χ1v) is 6.79. The monoisotopic (exact) mass is 312 g/mol. The standard InChI is InChI=1S/C13H17BrN2O2/c1-18-13(17)8-11-9-16(7-6-15-11)12-4-2-10(14)3-5-12/h2-5,11,15H,6-9H2,1H3. The average Bonchev–Trinajstić information content (AvgIpc) is 2.40. The van der Waals surface area contributed by atoms with Crippen LogP contribution in [0.1, 0.15) is 6.42 Å². The van der Waals surface area contributed by atoms with E-state index >= 15 is 0 Å². The van der Waals surface area contributed by atoms with E-state index in [1.807, 2.05) is 12.1 Å². The van der Waals surface area contributed by atoms with Crippen molar-refractivity contribution in [1.29, 1.82) is 0 Å². The van der Waals surface area contributed by atoms with Crippen LogP contribution in [-0.4, -0.2) is 38.8 Å². The minimum atomic E-state index is -0.162.